The summed E-state index contributed by atoms with van der Waals surface area (Å²) in [7, 11) is 0. The van der Waals surface area contributed by atoms with E-state index in [0.717, 1.165) is 4.90 Å². The van der Waals surface area contributed by atoms with Gasteiger partial charge in [-0.1, -0.05) is 35.3 Å². The summed E-state index contributed by atoms with van der Waals surface area (Å²) >= 11 is 13.1. The Morgan fingerprint density at radius 2 is 1.62 bits per heavy atom. The molecule has 0 bridgehead atoms. The minimum atomic E-state index is -0.589. The Bertz CT molecular complexity index is 887. The number of anilines is 1. The van der Waals surface area contributed by atoms with Crippen molar-refractivity contribution in [3.05, 3.63) is 88.3 Å². The number of rotatable bonds is 5. The highest BCUT2D eigenvalue weighted by Crippen LogP contribution is 2.36. The van der Waals surface area contributed by atoms with Gasteiger partial charge in [0.25, 0.3) is 0 Å². The molecule has 0 aliphatic heterocycles. The van der Waals surface area contributed by atoms with Gasteiger partial charge in [-0.2, -0.15) is 0 Å². The van der Waals surface area contributed by atoms with Crippen LogP contribution in [0, 0.1) is 5.82 Å². The first-order chi connectivity index (χ1) is 12.5. The monoisotopic (exact) mass is 406 g/mol. The highest BCUT2D eigenvalue weighted by Gasteiger charge is 2.22. The smallest absolute Gasteiger partial charge is 0.243 e. The van der Waals surface area contributed by atoms with E-state index in [2.05, 4.69) is 10.3 Å². The Hall–Kier alpha value is -2.08. The van der Waals surface area contributed by atoms with Gasteiger partial charge in [0.15, 0.2) is 0 Å². The second-order valence-electron chi connectivity index (χ2n) is 5.35. The zero-order chi connectivity index (χ0) is 18.5. The first-order valence-electron chi connectivity index (χ1n) is 7.61. The average molecular weight is 407 g/mol. The third-order valence-electron chi connectivity index (χ3n) is 3.46. The highest BCUT2D eigenvalue weighted by molar-refractivity contribution is 8.00. The average Bonchev–Trinajstić information content (AvgIpc) is 2.64. The van der Waals surface area contributed by atoms with Crippen LogP contribution >= 0.6 is 35.0 Å². The number of carbonyl (C=O) groups excluding carboxylic acids is 1. The van der Waals surface area contributed by atoms with Gasteiger partial charge >= 0.3 is 0 Å². The number of thioether (sulfide) groups is 1. The third-order valence-corrected chi connectivity index (χ3v) is 5.20. The molecule has 0 aliphatic rings. The van der Waals surface area contributed by atoms with Crippen molar-refractivity contribution in [1.29, 1.82) is 0 Å². The maximum absolute atomic E-state index is 13.3. The Kier molecular flexibility index (Phi) is 6.14. The zero-order valence-corrected chi connectivity index (χ0v) is 15.7. The Morgan fingerprint density at radius 3 is 2.23 bits per heavy atom. The Morgan fingerprint density at radius 1 is 0.962 bits per heavy atom. The number of aromatic nitrogens is 1. The molecule has 0 aliphatic carbocycles. The minimum Gasteiger partial charge on any atom is -0.309 e. The standard InChI is InChI=1S/C19H13Cl2FN2OS/c20-13-3-8-16(9-4-13)26-18(12-1-6-15(22)7-2-12)19(25)24-17-10-5-14(21)11-23-17/h1-11,18H,(H,23,24,25). The summed E-state index contributed by atoms with van der Waals surface area (Å²) in [6.07, 6.45) is 1.45. The van der Waals surface area contributed by atoms with E-state index in [4.69, 9.17) is 23.2 Å². The van der Waals surface area contributed by atoms with Crippen molar-refractivity contribution in [1.82, 2.24) is 4.98 Å². The first-order valence-corrected chi connectivity index (χ1v) is 9.25. The number of carbonyl (C=O) groups is 1. The van der Waals surface area contributed by atoms with E-state index in [9.17, 15) is 9.18 Å². The molecule has 0 radical (unpaired) electrons. The zero-order valence-electron chi connectivity index (χ0n) is 13.3. The molecule has 132 valence electrons. The predicted molar refractivity (Wildman–Crippen MR) is 104 cm³/mol. The fraction of sp³-hybridized carbons (Fsp3) is 0.0526. The van der Waals surface area contributed by atoms with E-state index in [1.165, 1.54) is 30.1 Å². The number of hydrogen-bond donors (Lipinski definition) is 1. The van der Waals surface area contributed by atoms with Gasteiger partial charge in [0.05, 0.1) is 5.02 Å². The van der Waals surface area contributed by atoms with Crippen LogP contribution in [0.4, 0.5) is 10.2 Å². The van der Waals surface area contributed by atoms with E-state index in [0.29, 0.717) is 21.4 Å². The predicted octanol–water partition coefficient (Wildman–Crippen LogP) is 6.00. The first kappa shape index (κ1) is 18.7. The lowest BCUT2D eigenvalue weighted by atomic mass is 10.1. The molecule has 3 aromatic rings. The number of halogens is 3. The SMILES string of the molecule is O=C(Nc1ccc(Cl)cn1)C(Sc1ccc(Cl)cc1)c1ccc(F)cc1. The van der Waals surface area contributed by atoms with E-state index in [1.54, 1.807) is 36.4 Å². The topological polar surface area (TPSA) is 42.0 Å². The van der Waals surface area contributed by atoms with Crippen molar-refractivity contribution < 1.29 is 9.18 Å². The van der Waals surface area contributed by atoms with Crippen LogP contribution in [0.2, 0.25) is 10.0 Å². The molecule has 0 spiro atoms. The lowest BCUT2D eigenvalue weighted by Gasteiger charge is -2.17. The van der Waals surface area contributed by atoms with Crippen LogP contribution in [0.1, 0.15) is 10.8 Å². The van der Waals surface area contributed by atoms with E-state index < -0.39 is 5.25 Å². The van der Waals surface area contributed by atoms with Gasteiger partial charge in [-0.05, 0) is 54.1 Å². The summed E-state index contributed by atoms with van der Waals surface area (Å²) in [4.78, 5) is 17.8. The van der Waals surface area contributed by atoms with E-state index in [1.807, 2.05) is 12.1 Å². The molecule has 1 N–H and O–H groups in total. The quantitative estimate of drug-likeness (QED) is 0.528. The molecule has 1 heterocycles. The molecular weight excluding hydrogens is 394 g/mol. The normalized spacial score (nSPS) is 11.8. The molecule has 3 nitrogen and oxygen atoms in total. The van der Waals surface area contributed by atoms with Crippen molar-refractivity contribution >= 4 is 46.7 Å². The van der Waals surface area contributed by atoms with Gasteiger partial charge < -0.3 is 5.32 Å². The molecule has 0 fully saturated rings. The van der Waals surface area contributed by atoms with E-state index >= 15 is 0 Å². The van der Waals surface area contributed by atoms with Gasteiger partial charge in [0, 0.05) is 16.1 Å². The third kappa shape index (κ3) is 4.97. The molecule has 1 aromatic heterocycles. The highest BCUT2D eigenvalue weighted by atomic mass is 35.5. The van der Waals surface area contributed by atoms with E-state index in [-0.39, 0.29) is 11.7 Å². The van der Waals surface area contributed by atoms with Crippen molar-refractivity contribution in [2.24, 2.45) is 0 Å². The lowest BCUT2D eigenvalue weighted by molar-refractivity contribution is -0.115. The van der Waals surface area contributed by atoms with Crippen LogP contribution in [0.3, 0.4) is 0 Å². The lowest BCUT2D eigenvalue weighted by Crippen LogP contribution is -2.19. The second kappa shape index (κ2) is 8.54. The fourth-order valence-corrected chi connectivity index (χ4v) is 3.46. The van der Waals surface area contributed by atoms with Crippen LogP contribution in [0.15, 0.2) is 71.8 Å². The summed E-state index contributed by atoms with van der Waals surface area (Å²) in [5, 5.41) is 3.27. The number of amides is 1. The van der Waals surface area contributed by atoms with Gasteiger partial charge in [-0.15, -0.1) is 11.8 Å². The second-order valence-corrected chi connectivity index (χ2v) is 7.41. The Balaban J connectivity index is 1.85. The summed E-state index contributed by atoms with van der Waals surface area (Å²) < 4.78 is 13.3. The maximum atomic E-state index is 13.3. The molecule has 3 rings (SSSR count). The summed E-state index contributed by atoms with van der Waals surface area (Å²) in [6, 6.07) is 16.3. The molecule has 1 amide bonds. The molecule has 0 saturated carbocycles. The molecular formula is C19H13Cl2FN2OS. The largest absolute Gasteiger partial charge is 0.309 e. The number of pyridine rings is 1. The van der Waals surface area contributed by atoms with Crippen molar-refractivity contribution in [3.63, 3.8) is 0 Å². The van der Waals surface area contributed by atoms with Crippen molar-refractivity contribution in [2.75, 3.05) is 5.32 Å². The fourth-order valence-electron chi connectivity index (χ4n) is 2.20. The van der Waals surface area contributed by atoms with Crippen LogP contribution in [0.25, 0.3) is 0 Å². The number of hydrogen-bond acceptors (Lipinski definition) is 3. The Labute approximate surface area is 164 Å². The molecule has 1 atom stereocenters. The molecule has 26 heavy (non-hydrogen) atoms. The molecule has 7 heteroatoms. The van der Waals surface area contributed by atoms with Crippen LogP contribution in [-0.2, 0) is 4.79 Å². The number of nitrogens with zero attached hydrogens (tertiary/aromatic N) is 1. The van der Waals surface area contributed by atoms with Gasteiger partial charge in [0.1, 0.15) is 16.9 Å². The van der Waals surface area contributed by atoms with Gasteiger partial charge in [0.2, 0.25) is 5.91 Å². The number of benzene rings is 2. The van der Waals surface area contributed by atoms with Crippen LogP contribution in [0.5, 0.6) is 0 Å². The summed E-state index contributed by atoms with van der Waals surface area (Å²) in [5.74, 6) is -0.238. The molecule has 2 aromatic carbocycles. The minimum absolute atomic E-state index is 0.272. The molecule has 0 saturated heterocycles. The molecule has 1 unspecified atom stereocenters. The van der Waals surface area contributed by atoms with Crippen molar-refractivity contribution in [3.8, 4) is 0 Å². The van der Waals surface area contributed by atoms with Gasteiger partial charge in [-0.3, -0.25) is 4.79 Å². The number of nitrogens with one attached hydrogen (secondary N) is 1. The van der Waals surface area contributed by atoms with Gasteiger partial charge in [-0.25, -0.2) is 9.37 Å². The summed E-state index contributed by atoms with van der Waals surface area (Å²) in [6.45, 7) is 0. The van der Waals surface area contributed by atoms with Crippen LogP contribution < -0.4 is 5.32 Å². The van der Waals surface area contributed by atoms with Crippen LogP contribution in [-0.4, -0.2) is 10.9 Å². The summed E-state index contributed by atoms with van der Waals surface area (Å²) in [5.41, 5.74) is 0.679. The van der Waals surface area contributed by atoms with Crippen molar-refractivity contribution in [2.45, 2.75) is 10.1 Å². The maximum Gasteiger partial charge on any atom is 0.243 e.